The first-order valence-electron chi connectivity index (χ1n) is 11.1. The maximum atomic E-state index is 7.50. The summed E-state index contributed by atoms with van der Waals surface area (Å²) in [6.45, 7) is 6.59. The summed E-state index contributed by atoms with van der Waals surface area (Å²) < 4.78 is 7.50. The van der Waals surface area contributed by atoms with Crippen LogP contribution in [0.15, 0.2) is 121 Å². The van der Waals surface area contributed by atoms with Crippen LogP contribution in [0.5, 0.6) is 0 Å². The molecular weight excluding hydrogens is 552 g/mol. The second-order valence-corrected chi connectivity index (χ2v) is 12.1. The van der Waals surface area contributed by atoms with Gasteiger partial charge in [0.2, 0.25) is 0 Å². The molecule has 0 bridgehead atoms. The number of rotatable bonds is 10. The summed E-state index contributed by atoms with van der Waals surface area (Å²) in [6.07, 6.45) is 2.33. The Labute approximate surface area is 227 Å². The van der Waals surface area contributed by atoms with E-state index in [9.17, 15) is 0 Å². The van der Waals surface area contributed by atoms with E-state index in [1.165, 1.54) is 21.2 Å². The van der Waals surface area contributed by atoms with Gasteiger partial charge in [-0.2, -0.15) is 0 Å². The Morgan fingerprint density at radius 1 is 0.486 bits per heavy atom. The Morgan fingerprint density at radius 2 is 0.714 bits per heavy atom. The van der Waals surface area contributed by atoms with Crippen molar-refractivity contribution in [3.8, 4) is 0 Å². The molecule has 0 aliphatic heterocycles. The Morgan fingerprint density at radius 3 is 0.943 bits per heavy atom. The van der Waals surface area contributed by atoms with Crippen molar-refractivity contribution in [1.82, 2.24) is 5.32 Å². The summed E-state index contributed by atoms with van der Waals surface area (Å²) in [5, 5.41) is 9.60. The first-order chi connectivity index (χ1) is 16.4. The summed E-state index contributed by atoms with van der Waals surface area (Å²) in [7, 11) is -0.655. The predicted molar refractivity (Wildman–Crippen MR) is 157 cm³/mol. The Balaban J connectivity index is 0.00000149. The Kier molecular flexibility index (Phi) is 16.4. The van der Waals surface area contributed by atoms with Gasteiger partial charge in [0.05, 0.1) is 0 Å². The molecule has 0 fully saturated rings. The molecule has 0 aliphatic carbocycles. The molecule has 0 aromatic heterocycles. The van der Waals surface area contributed by atoms with Gasteiger partial charge in [0, 0.05) is 0 Å². The van der Waals surface area contributed by atoms with Gasteiger partial charge in [-0.25, -0.2) is 0 Å². The van der Waals surface area contributed by atoms with Crippen LogP contribution in [0.3, 0.4) is 0 Å². The molecular formula is C29H34BNOP2Ru. The largest absolute Gasteiger partial charge is 0.316 e. The van der Waals surface area contributed by atoms with Crippen LogP contribution in [-0.2, 0) is 24.1 Å². The predicted octanol–water partition coefficient (Wildman–Crippen LogP) is 3.08. The first-order valence-corrected chi connectivity index (χ1v) is 14.1. The maximum absolute atomic E-state index is 7.50. The molecule has 1 radical (unpaired) electrons. The zero-order valence-corrected chi connectivity index (χ0v) is 22.7. The number of hydrogen-bond donors (Lipinski definition) is 1. The summed E-state index contributed by atoms with van der Waals surface area (Å²) >= 11 is 0. The zero-order valence-electron chi connectivity index (χ0n) is 19.1. The van der Waals surface area contributed by atoms with Crippen LogP contribution >= 0.6 is 15.8 Å². The molecule has 0 saturated carbocycles. The molecule has 0 spiro atoms. The molecule has 0 unspecified atom stereocenters. The van der Waals surface area contributed by atoms with Crippen LogP contribution in [0, 0.1) is 6.65 Å². The molecule has 1 N–H and O–H groups in total. The molecule has 0 aliphatic rings. The van der Waals surface area contributed by atoms with Gasteiger partial charge in [0.1, 0.15) is 0 Å². The molecule has 4 aromatic carbocycles. The van der Waals surface area contributed by atoms with E-state index in [0.717, 1.165) is 25.4 Å². The van der Waals surface area contributed by atoms with Crippen LogP contribution < -0.4 is 26.5 Å². The van der Waals surface area contributed by atoms with Crippen molar-refractivity contribution in [2.24, 2.45) is 0 Å². The third kappa shape index (κ3) is 9.95. The minimum atomic E-state index is -0.328. The van der Waals surface area contributed by atoms with Crippen molar-refractivity contribution in [2.45, 2.75) is 0 Å². The van der Waals surface area contributed by atoms with Crippen molar-refractivity contribution < 1.29 is 24.1 Å². The van der Waals surface area contributed by atoms with Gasteiger partial charge in [-0.1, -0.05) is 130 Å². The zero-order chi connectivity index (χ0) is 23.1. The van der Waals surface area contributed by atoms with E-state index in [-0.39, 0.29) is 43.7 Å². The molecule has 0 saturated heterocycles. The van der Waals surface area contributed by atoms with E-state index in [4.69, 9.17) is 4.65 Å². The minimum absolute atomic E-state index is 0. The quantitative estimate of drug-likeness (QED) is 0.100. The molecule has 0 atom stereocenters. The van der Waals surface area contributed by atoms with Crippen LogP contribution in [0.4, 0.5) is 0 Å². The summed E-state index contributed by atoms with van der Waals surface area (Å²) in [6, 6.07) is 44.0. The molecule has 0 heterocycles. The number of benzene rings is 4. The van der Waals surface area contributed by atoms with Crippen molar-refractivity contribution >= 4 is 45.5 Å². The maximum Gasteiger partial charge on any atom is -0.000332 e. The molecule has 4 rings (SSSR count). The SMILES string of the molecule is [BH4-].[C-]#[O+].[RuH+].c1ccc(P(CCNCCP(c2ccccc2)c2ccccc2)c2ccccc2)cc1. The van der Waals surface area contributed by atoms with Crippen LogP contribution in [0.1, 0.15) is 0 Å². The summed E-state index contributed by atoms with van der Waals surface area (Å²) in [4.78, 5) is 0. The number of nitrogens with one attached hydrogen (secondary N) is 1. The smallest absolute Gasteiger partial charge is 0.000332 e. The van der Waals surface area contributed by atoms with Crippen LogP contribution in [-0.4, -0.2) is 33.8 Å². The van der Waals surface area contributed by atoms with E-state index >= 15 is 0 Å². The van der Waals surface area contributed by atoms with Crippen molar-refractivity contribution in [3.63, 3.8) is 0 Å². The van der Waals surface area contributed by atoms with Crippen molar-refractivity contribution in [1.29, 1.82) is 0 Å². The third-order valence-electron chi connectivity index (χ3n) is 5.30. The molecule has 35 heavy (non-hydrogen) atoms. The van der Waals surface area contributed by atoms with Gasteiger partial charge in [-0.05, 0) is 62.5 Å². The molecule has 4 aromatic rings. The van der Waals surface area contributed by atoms with Gasteiger partial charge in [-0.15, -0.1) is 0 Å². The van der Waals surface area contributed by atoms with E-state index < -0.39 is 0 Å². The van der Waals surface area contributed by atoms with Crippen molar-refractivity contribution in [3.05, 3.63) is 128 Å². The molecule has 2 nitrogen and oxygen atoms in total. The van der Waals surface area contributed by atoms with E-state index in [0.29, 0.717) is 0 Å². The third-order valence-corrected chi connectivity index (χ3v) is 10.3. The second-order valence-electron chi connectivity index (χ2n) is 7.40. The minimum Gasteiger partial charge on any atom is -0.316 e. The average Bonchev–Trinajstić information content (AvgIpc) is 2.91. The fourth-order valence-corrected chi connectivity index (χ4v) is 8.27. The standard InChI is InChI=1S/C28H29NP2.CO.BH4.Ru.H/c1-5-13-25(14-6-1)30(26-15-7-2-8-16-26)23-21-29-22-24-31(27-17-9-3-10-18-27)28-19-11-4-12-20-28;1-2;;;/h1-20,29H,21-24H2;;1H4;;/q;;-1;+1;. The second kappa shape index (κ2) is 18.4. The Hall–Kier alpha value is -1.87. The van der Waals surface area contributed by atoms with Crippen molar-refractivity contribution in [2.75, 3.05) is 25.4 Å². The van der Waals surface area contributed by atoms with E-state index in [1.54, 1.807) is 0 Å². The molecule has 0 amide bonds. The van der Waals surface area contributed by atoms with E-state index in [2.05, 4.69) is 133 Å². The average molecular weight is 586 g/mol. The Bertz CT molecular complexity index is 906. The van der Waals surface area contributed by atoms with Crippen LogP contribution in [0.25, 0.3) is 0 Å². The monoisotopic (exact) mass is 587 g/mol. The van der Waals surface area contributed by atoms with Gasteiger partial charge in [0.25, 0.3) is 0 Å². The fourth-order valence-electron chi connectivity index (χ4n) is 3.75. The summed E-state index contributed by atoms with van der Waals surface area (Å²) in [5.41, 5.74) is 0. The van der Waals surface area contributed by atoms with E-state index in [1.807, 2.05) is 0 Å². The van der Waals surface area contributed by atoms with Gasteiger partial charge >= 0.3 is 30.8 Å². The van der Waals surface area contributed by atoms with Gasteiger partial charge in [0.15, 0.2) is 0 Å². The van der Waals surface area contributed by atoms with Crippen LogP contribution in [0.2, 0.25) is 0 Å². The molecule has 6 heteroatoms. The normalized spacial score (nSPS) is 9.94. The van der Waals surface area contributed by atoms with Gasteiger partial charge in [-0.3, -0.25) is 0 Å². The fraction of sp³-hybridized carbons (Fsp3) is 0.138. The summed E-state index contributed by atoms with van der Waals surface area (Å²) in [5.74, 6) is 0. The topological polar surface area (TPSA) is 31.9 Å². The molecule has 182 valence electrons. The number of hydrogen-bond acceptors (Lipinski definition) is 1. The first kappa shape index (κ1) is 31.2. The van der Waals surface area contributed by atoms with Gasteiger partial charge < -0.3 is 5.32 Å².